The molecule has 1 aliphatic carbocycles. The second kappa shape index (κ2) is 7.95. The van der Waals surface area contributed by atoms with Crippen LogP contribution in [0, 0.1) is 18.8 Å². The van der Waals surface area contributed by atoms with Crippen LogP contribution in [0.1, 0.15) is 38.3 Å². The Morgan fingerprint density at radius 3 is 2.84 bits per heavy atom. The predicted molar refractivity (Wildman–Crippen MR) is 97.1 cm³/mol. The van der Waals surface area contributed by atoms with Gasteiger partial charge < -0.3 is 10.6 Å². The van der Waals surface area contributed by atoms with Crippen LogP contribution < -0.4 is 10.6 Å². The Kier molecular flexibility index (Phi) is 5.68. The molecule has 2 amide bonds. The maximum atomic E-state index is 12.5. The Morgan fingerprint density at radius 2 is 2.12 bits per heavy atom. The van der Waals surface area contributed by atoms with E-state index in [9.17, 15) is 9.59 Å². The minimum absolute atomic E-state index is 0.00504. The van der Waals surface area contributed by atoms with E-state index in [1.807, 2.05) is 19.1 Å². The van der Waals surface area contributed by atoms with Gasteiger partial charge in [-0.05, 0) is 64.1 Å². The summed E-state index contributed by atoms with van der Waals surface area (Å²) >= 11 is 0. The highest BCUT2D eigenvalue weighted by molar-refractivity contribution is 5.92. The molecular formula is C19H28N4O2. The Morgan fingerprint density at radius 1 is 1.32 bits per heavy atom. The fourth-order valence-corrected chi connectivity index (χ4v) is 3.47. The van der Waals surface area contributed by atoms with E-state index in [4.69, 9.17) is 0 Å². The summed E-state index contributed by atoms with van der Waals surface area (Å²) in [5.74, 6) is 1.23. The SMILES string of the molecule is Cc1cccc(NC(=O)C2CCCN(CC(=O)NC(C)C3CC3)C2)n1. The number of carbonyl (C=O) groups excluding carboxylic acids is 2. The number of piperidine rings is 1. The predicted octanol–water partition coefficient (Wildman–Crippen LogP) is 1.96. The van der Waals surface area contributed by atoms with Crippen LogP contribution in [-0.2, 0) is 9.59 Å². The zero-order valence-corrected chi connectivity index (χ0v) is 15.1. The largest absolute Gasteiger partial charge is 0.352 e. The standard InChI is InChI=1S/C19H28N4O2/c1-13-5-3-7-17(20-13)22-19(25)16-6-4-10-23(11-16)12-18(24)21-14(2)15-8-9-15/h3,5,7,14-16H,4,6,8-12H2,1-2H3,(H,21,24)(H,20,22,25). The van der Waals surface area contributed by atoms with Crippen LogP contribution in [0.25, 0.3) is 0 Å². The van der Waals surface area contributed by atoms with Gasteiger partial charge in [-0.1, -0.05) is 6.07 Å². The molecule has 0 radical (unpaired) electrons. The van der Waals surface area contributed by atoms with E-state index in [0.29, 0.717) is 24.8 Å². The zero-order valence-electron chi connectivity index (χ0n) is 15.1. The Balaban J connectivity index is 1.48. The van der Waals surface area contributed by atoms with Gasteiger partial charge in [0.25, 0.3) is 0 Å². The van der Waals surface area contributed by atoms with Gasteiger partial charge in [0.15, 0.2) is 0 Å². The average Bonchev–Trinajstić information content (AvgIpc) is 3.40. The van der Waals surface area contributed by atoms with E-state index in [1.165, 1.54) is 12.8 Å². The Labute approximate surface area is 149 Å². The van der Waals surface area contributed by atoms with Gasteiger partial charge in [0.1, 0.15) is 5.82 Å². The first kappa shape index (κ1) is 17.9. The first-order valence-electron chi connectivity index (χ1n) is 9.27. The van der Waals surface area contributed by atoms with E-state index in [0.717, 1.165) is 25.1 Å². The van der Waals surface area contributed by atoms with E-state index in [2.05, 4.69) is 27.4 Å². The van der Waals surface area contributed by atoms with Crippen LogP contribution in [-0.4, -0.2) is 47.4 Å². The molecule has 1 saturated heterocycles. The molecule has 2 unspecified atom stereocenters. The van der Waals surface area contributed by atoms with E-state index >= 15 is 0 Å². The molecule has 2 atom stereocenters. The molecule has 6 heteroatoms. The van der Waals surface area contributed by atoms with Crippen molar-refractivity contribution in [3.8, 4) is 0 Å². The molecule has 0 aromatic carbocycles. The summed E-state index contributed by atoms with van der Waals surface area (Å²) in [4.78, 5) is 31.1. The number of pyridine rings is 1. The van der Waals surface area contributed by atoms with Crippen molar-refractivity contribution in [2.45, 2.75) is 45.6 Å². The summed E-state index contributed by atoms with van der Waals surface area (Å²) in [7, 11) is 0. The number of rotatable bonds is 6. The lowest BCUT2D eigenvalue weighted by Crippen LogP contribution is -2.47. The summed E-state index contributed by atoms with van der Waals surface area (Å²) in [6.45, 7) is 5.86. The number of anilines is 1. The molecule has 0 bridgehead atoms. The van der Waals surface area contributed by atoms with Gasteiger partial charge in [0.2, 0.25) is 11.8 Å². The van der Waals surface area contributed by atoms with Crippen LogP contribution in [0.15, 0.2) is 18.2 Å². The van der Waals surface area contributed by atoms with Crippen molar-refractivity contribution in [2.24, 2.45) is 11.8 Å². The summed E-state index contributed by atoms with van der Waals surface area (Å²) < 4.78 is 0. The highest BCUT2D eigenvalue weighted by atomic mass is 16.2. The summed E-state index contributed by atoms with van der Waals surface area (Å²) in [5, 5.41) is 5.99. The number of likely N-dealkylation sites (tertiary alicyclic amines) is 1. The maximum Gasteiger partial charge on any atom is 0.234 e. The fraction of sp³-hybridized carbons (Fsp3) is 0.632. The van der Waals surface area contributed by atoms with Gasteiger partial charge in [0.05, 0.1) is 12.5 Å². The van der Waals surface area contributed by atoms with Crippen molar-refractivity contribution < 1.29 is 9.59 Å². The quantitative estimate of drug-likeness (QED) is 0.827. The molecule has 25 heavy (non-hydrogen) atoms. The minimum Gasteiger partial charge on any atom is -0.352 e. The Hall–Kier alpha value is -1.95. The number of hydrogen-bond donors (Lipinski definition) is 2. The monoisotopic (exact) mass is 344 g/mol. The van der Waals surface area contributed by atoms with Gasteiger partial charge in [-0.15, -0.1) is 0 Å². The van der Waals surface area contributed by atoms with Gasteiger partial charge in [-0.2, -0.15) is 0 Å². The topological polar surface area (TPSA) is 74.3 Å². The first-order valence-corrected chi connectivity index (χ1v) is 9.27. The van der Waals surface area contributed by atoms with E-state index in [1.54, 1.807) is 6.07 Å². The van der Waals surface area contributed by atoms with Crippen molar-refractivity contribution in [3.63, 3.8) is 0 Å². The summed E-state index contributed by atoms with van der Waals surface area (Å²) in [6, 6.07) is 5.86. The normalized spacial score (nSPS) is 22.2. The number of aryl methyl sites for hydroxylation is 1. The molecular weight excluding hydrogens is 316 g/mol. The average molecular weight is 344 g/mol. The number of nitrogens with zero attached hydrogens (tertiary/aromatic N) is 2. The maximum absolute atomic E-state index is 12.5. The van der Waals surface area contributed by atoms with Gasteiger partial charge >= 0.3 is 0 Å². The summed E-state index contributed by atoms with van der Waals surface area (Å²) in [6.07, 6.45) is 4.24. The lowest BCUT2D eigenvalue weighted by atomic mass is 9.97. The third-order valence-corrected chi connectivity index (χ3v) is 5.10. The van der Waals surface area contributed by atoms with Gasteiger partial charge in [0, 0.05) is 18.3 Å². The molecule has 6 nitrogen and oxygen atoms in total. The van der Waals surface area contributed by atoms with Gasteiger partial charge in [-0.25, -0.2) is 4.98 Å². The molecule has 2 fully saturated rings. The third-order valence-electron chi connectivity index (χ3n) is 5.10. The number of amides is 2. The second-order valence-electron chi connectivity index (χ2n) is 7.42. The molecule has 1 aromatic heterocycles. The third kappa shape index (κ3) is 5.26. The number of hydrogen-bond acceptors (Lipinski definition) is 4. The van der Waals surface area contributed by atoms with Crippen LogP contribution in [0.3, 0.4) is 0 Å². The van der Waals surface area contributed by atoms with Crippen LogP contribution in [0.4, 0.5) is 5.82 Å². The van der Waals surface area contributed by atoms with Crippen LogP contribution >= 0.6 is 0 Å². The fourth-order valence-electron chi connectivity index (χ4n) is 3.47. The number of nitrogens with one attached hydrogen (secondary N) is 2. The molecule has 1 aliphatic heterocycles. The highest BCUT2D eigenvalue weighted by Crippen LogP contribution is 2.32. The number of carbonyl (C=O) groups is 2. The van der Waals surface area contributed by atoms with Crippen molar-refractivity contribution in [1.29, 1.82) is 0 Å². The highest BCUT2D eigenvalue weighted by Gasteiger charge is 2.30. The van der Waals surface area contributed by atoms with E-state index < -0.39 is 0 Å². The molecule has 1 saturated carbocycles. The molecule has 2 N–H and O–H groups in total. The minimum atomic E-state index is -0.0929. The Bertz CT molecular complexity index is 630. The van der Waals surface area contributed by atoms with E-state index in [-0.39, 0.29) is 23.8 Å². The molecule has 3 rings (SSSR count). The smallest absolute Gasteiger partial charge is 0.234 e. The first-order chi connectivity index (χ1) is 12.0. The molecule has 2 heterocycles. The molecule has 2 aliphatic rings. The zero-order chi connectivity index (χ0) is 17.8. The molecule has 1 aromatic rings. The van der Waals surface area contributed by atoms with Crippen molar-refractivity contribution in [2.75, 3.05) is 25.0 Å². The van der Waals surface area contributed by atoms with Gasteiger partial charge in [-0.3, -0.25) is 14.5 Å². The lowest BCUT2D eigenvalue weighted by Gasteiger charge is -2.31. The second-order valence-corrected chi connectivity index (χ2v) is 7.42. The lowest BCUT2D eigenvalue weighted by molar-refractivity contribution is -0.126. The van der Waals surface area contributed by atoms with Crippen LogP contribution in [0.5, 0.6) is 0 Å². The molecule has 0 spiro atoms. The van der Waals surface area contributed by atoms with Crippen molar-refractivity contribution in [1.82, 2.24) is 15.2 Å². The summed E-state index contributed by atoms with van der Waals surface area (Å²) in [5.41, 5.74) is 0.879. The van der Waals surface area contributed by atoms with Crippen molar-refractivity contribution in [3.05, 3.63) is 23.9 Å². The number of aromatic nitrogens is 1. The molecule has 136 valence electrons. The van der Waals surface area contributed by atoms with Crippen molar-refractivity contribution >= 4 is 17.6 Å². The van der Waals surface area contributed by atoms with Crippen LogP contribution in [0.2, 0.25) is 0 Å².